The third-order valence-corrected chi connectivity index (χ3v) is 6.06. The van der Waals surface area contributed by atoms with Crippen LogP contribution < -0.4 is 10.6 Å². The van der Waals surface area contributed by atoms with Crippen molar-refractivity contribution in [2.75, 3.05) is 11.9 Å². The van der Waals surface area contributed by atoms with Crippen LogP contribution in [0.5, 0.6) is 0 Å². The van der Waals surface area contributed by atoms with Gasteiger partial charge in [0, 0.05) is 30.9 Å². The Morgan fingerprint density at radius 2 is 1.78 bits per heavy atom. The van der Waals surface area contributed by atoms with E-state index >= 15 is 0 Å². The van der Waals surface area contributed by atoms with Gasteiger partial charge >= 0.3 is 6.09 Å². The van der Waals surface area contributed by atoms with Gasteiger partial charge in [-0.15, -0.1) is 0 Å². The lowest BCUT2D eigenvalue weighted by atomic mass is 10.0. The fraction of sp³-hybridized carbons (Fsp3) is 0.333. The van der Waals surface area contributed by atoms with Gasteiger partial charge in [0.15, 0.2) is 0 Å². The van der Waals surface area contributed by atoms with Crippen LogP contribution in [0, 0.1) is 6.92 Å². The van der Waals surface area contributed by atoms with E-state index in [1.165, 1.54) is 4.90 Å². The van der Waals surface area contributed by atoms with Crippen LogP contribution in [0.25, 0.3) is 0 Å². The number of aromatic nitrogens is 2. The van der Waals surface area contributed by atoms with Crippen molar-refractivity contribution in [3.8, 4) is 0 Å². The molecule has 0 aliphatic carbocycles. The molecule has 188 valence electrons. The molecule has 3 amide bonds. The highest BCUT2D eigenvalue weighted by molar-refractivity contribution is 5.91. The Morgan fingerprint density at radius 3 is 2.44 bits per heavy atom. The van der Waals surface area contributed by atoms with E-state index in [1.54, 1.807) is 6.20 Å². The molecule has 3 aromatic rings. The Morgan fingerprint density at radius 1 is 1.08 bits per heavy atom. The second-order valence-electron chi connectivity index (χ2n) is 8.95. The monoisotopic (exact) mass is 489 g/mol. The van der Waals surface area contributed by atoms with Crippen molar-refractivity contribution in [2.45, 2.75) is 51.3 Å². The second-order valence-corrected chi connectivity index (χ2v) is 8.95. The summed E-state index contributed by atoms with van der Waals surface area (Å²) in [6, 6.07) is 18.0. The molecule has 1 aromatic heterocycles. The molecule has 2 heterocycles. The molecule has 1 fully saturated rings. The van der Waals surface area contributed by atoms with E-state index in [-0.39, 0.29) is 24.8 Å². The molecule has 2 aromatic carbocycles. The number of nitrogens with one attached hydrogen (secondary N) is 3. The summed E-state index contributed by atoms with van der Waals surface area (Å²) in [5.74, 6) is -0.187. The van der Waals surface area contributed by atoms with Gasteiger partial charge in [0.25, 0.3) is 0 Å². The van der Waals surface area contributed by atoms with Crippen molar-refractivity contribution >= 4 is 23.9 Å². The summed E-state index contributed by atoms with van der Waals surface area (Å²) in [7, 11) is 0. The first-order valence-electron chi connectivity index (χ1n) is 12.1. The topological polar surface area (TPSA) is 116 Å². The third-order valence-electron chi connectivity index (χ3n) is 6.06. The van der Waals surface area contributed by atoms with E-state index in [1.807, 2.05) is 67.6 Å². The molecule has 0 bridgehead atoms. The van der Waals surface area contributed by atoms with E-state index in [0.29, 0.717) is 31.8 Å². The van der Waals surface area contributed by atoms with Gasteiger partial charge in [0.1, 0.15) is 12.6 Å². The highest BCUT2D eigenvalue weighted by Crippen LogP contribution is 2.20. The maximum Gasteiger partial charge on any atom is 0.410 e. The number of carbonyl (C=O) groups is 3. The number of H-pyrrole nitrogens is 1. The lowest BCUT2D eigenvalue weighted by Crippen LogP contribution is -2.50. The number of aromatic amines is 1. The van der Waals surface area contributed by atoms with Crippen LogP contribution in [0.4, 0.5) is 10.7 Å². The summed E-state index contributed by atoms with van der Waals surface area (Å²) >= 11 is 0. The zero-order valence-electron chi connectivity index (χ0n) is 20.3. The first kappa shape index (κ1) is 25.0. The number of rotatable bonds is 9. The van der Waals surface area contributed by atoms with Crippen LogP contribution in [0.1, 0.15) is 36.1 Å². The highest BCUT2D eigenvalue weighted by Gasteiger charge is 2.36. The Balaban J connectivity index is 1.39. The van der Waals surface area contributed by atoms with Gasteiger partial charge < -0.3 is 15.0 Å². The number of imidazole rings is 1. The number of ether oxygens (including phenoxy) is 1. The number of hydrogen-bond donors (Lipinski definition) is 3. The molecule has 3 N–H and O–H groups in total. The standard InChI is InChI=1S/C27H31N5O4/c1-19-17-28-26(29-19)31-24(33)16-22(15-20-9-4-2-5-10-20)30-25(34)23-13-8-14-32(23)27(35)36-18-21-11-6-3-7-12-21/h2-7,9-12,17,22-23H,8,13-16,18H2,1H3,(H,30,34)(H2,28,29,31,33)/t22?,23-/m0/s1. The minimum atomic E-state index is -0.637. The molecule has 9 nitrogen and oxygen atoms in total. The van der Waals surface area contributed by atoms with E-state index in [2.05, 4.69) is 20.6 Å². The van der Waals surface area contributed by atoms with Gasteiger partial charge in [-0.3, -0.25) is 19.8 Å². The number of hydrogen-bond acceptors (Lipinski definition) is 5. The van der Waals surface area contributed by atoms with Crippen molar-refractivity contribution in [2.24, 2.45) is 0 Å². The number of anilines is 1. The predicted molar refractivity (Wildman–Crippen MR) is 135 cm³/mol. The molecule has 36 heavy (non-hydrogen) atoms. The summed E-state index contributed by atoms with van der Waals surface area (Å²) in [4.78, 5) is 47.3. The molecule has 9 heteroatoms. The summed E-state index contributed by atoms with van der Waals surface area (Å²) in [5.41, 5.74) is 2.71. The van der Waals surface area contributed by atoms with Crippen molar-refractivity contribution in [3.05, 3.63) is 83.7 Å². The van der Waals surface area contributed by atoms with Crippen molar-refractivity contribution in [3.63, 3.8) is 0 Å². The number of carbonyl (C=O) groups excluding carboxylic acids is 3. The molecule has 2 atom stereocenters. The van der Waals surface area contributed by atoms with Crippen LogP contribution in [0.3, 0.4) is 0 Å². The molecule has 0 spiro atoms. The zero-order chi connectivity index (χ0) is 25.3. The lowest BCUT2D eigenvalue weighted by Gasteiger charge is -2.26. The molecule has 1 aliphatic heterocycles. The minimum Gasteiger partial charge on any atom is -0.445 e. The molecule has 4 rings (SSSR count). The maximum atomic E-state index is 13.3. The van der Waals surface area contributed by atoms with Crippen molar-refractivity contribution in [1.82, 2.24) is 20.2 Å². The van der Waals surface area contributed by atoms with Crippen molar-refractivity contribution < 1.29 is 19.1 Å². The number of aryl methyl sites for hydroxylation is 1. The normalized spacial score (nSPS) is 15.8. The SMILES string of the molecule is Cc1cnc(NC(=O)CC(Cc2ccccc2)NC(=O)[C@@H]2CCCN2C(=O)OCc2ccccc2)[nH]1. The first-order chi connectivity index (χ1) is 17.5. The molecule has 1 saturated heterocycles. The van der Waals surface area contributed by atoms with Crippen LogP contribution in [-0.4, -0.2) is 51.4 Å². The molecular weight excluding hydrogens is 458 g/mol. The van der Waals surface area contributed by atoms with E-state index in [4.69, 9.17) is 4.74 Å². The molecule has 1 unspecified atom stereocenters. The van der Waals surface area contributed by atoms with Gasteiger partial charge in [-0.05, 0) is 37.3 Å². The quantitative estimate of drug-likeness (QED) is 0.425. The van der Waals surface area contributed by atoms with E-state index < -0.39 is 18.2 Å². The summed E-state index contributed by atoms with van der Waals surface area (Å²) in [5, 5.41) is 5.75. The molecule has 1 aliphatic rings. The van der Waals surface area contributed by atoms with Gasteiger partial charge in [-0.25, -0.2) is 9.78 Å². The van der Waals surface area contributed by atoms with Crippen LogP contribution in [0.15, 0.2) is 66.9 Å². The minimum absolute atomic E-state index is 0.0611. The maximum absolute atomic E-state index is 13.3. The van der Waals surface area contributed by atoms with E-state index in [9.17, 15) is 14.4 Å². The van der Waals surface area contributed by atoms with Crippen molar-refractivity contribution in [1.29, 1.82) is 0 Å². The number of nitrogens with zero attached hydrogens (tertiary/aromatic N) is 2. The first-order valence-corrected chi connectivity index (χ1v) is 12.1. The molecule has 0 saturated carbocycles. The van der Waals surface area contributed by atoms with Crippen LogP contribution >= 0.6 is 0 Å². The Labute approximate surface area is 210 Å². The average Bonchev–Trinajstić information content (AvgIpc) is 3.53. The van der Waals surface area contributed by atoms with Gasteiger partial charge in [0.2, 0.25) is 17.8 Å². The van der Waals surface area contributed by atoms with Crippen LogP contribution in [-0.2, 0) is 27.4 Å². The Bertz CT molecular complexity index is 1170. The average molecular weight is 490 g/mol. The summed E-state index contributed by atoms with van der Waals surface area (Å²) in [6.07, 6.45) is 2.91. The fourth-order valence-corrected chi connectivity index (χ4v) is 4.31. The smallest absolute Gasteiger partial charge is 0.410 e. The largest absolute Gasteiger partial charge is 0.445 e. The fourth-order valence-electron chi connectivity index (χ4n) is 4.31. The van der Waals surface area contributed by atoms with Gasteiger partial charge in [-0.2, -0.15) is 0 Å². The summed E-state index contributed by atoms with van der Waals surface area (Å²) < 4.78 is 5.46. The van der Waals surface area contributed by atoms with Crippen LogP contribution in [0.2, 0.25) is 0 Å². The Kier molecular flexibility index (Phi) is 8.33. The van der Waals surface area contributed by atoms with E-state index in [0.717, 1.165) is 16.8 Å². The zero-order valence-corrected chi connectivity index (χ0v) is 20.3. The lowest BCUT2D eigenvalue weighted by molar-refractivity contribution is -0.126. The number of amides is 3. The van der Waals surface area contributed by atoms with Gasteiger partial charge in [0.05, 0.1) is 0 Å². The predicted octanol–water partition coefficient (Wildman–Crippen LogP) is 3.58. The number of benzene rings is 2. The molecular formula is C27H31N5O4. The Hall–Kier alpha value is -4.14. The number of likely N-dealkylation sites (tertiary alicyclic amines) is 1. The summed E-state index contributed by atoms with van der Waals surface area (Å²) in [6.45, 7) is 2.44. The van der Waals surface area contributed by atoms with Gasteiger partial charge in [-0.1, -0.05) is 60.7 Å². The second kappa shape index (κ2) is 12.0. The molecule has 0 radical (unpaired) electrons. The highest BCUT2D eigenvalue weighted by atomic mass is 16.6. The third kappa shape index (κ3) is 6.94.